The maximum Gasteiger partial charge on any atom is 0.306 e. The summed E-state index contributed by atoms with van der Waals surface area (Å²) in [6.45, 7) is 4.14. The molecule has 0 aliphatic carbocycles. The lowest BCUT2D eigenvalue weighted by atomic mass is 10.0. The lowest BCUT2D eigenvalue weighted by Crippen LogP contribution is -2.37. The van der Waals surface area contributed by atoms with E-state index >= 15 is 0 Å². The maximum absolute atomic E-state index is 12.8. The molecule has 514 valence electrons. The molecule has 2 atom stereocenters. The highest BCUT2D eigenvalue weighted by Gasteiger charge is 2.22. The van der Waals surface area contributed by atoms with Crippen molar-refractivity contribution < 1.29 is 42.1 Å². The quantitative estimate of drug-likeness (QED) is 0.0195. The Hall–Kier alpha value is -2.55. The van der Waals surface area contributed by atoms with Crippen molar-refractivity contribution in [3.63, 3.8) is 0 Å². The van der Waals surface area contributed by atoms with Crippen LogP contribution in [0.4, 0.5) is 0 Å². The largest absolute Gasteiger partial charge is 0.756 e. The fraction of sp³-hybridized carbons (Fsp3) is 0.821. The number of carbonyl (C=O) groups excluding carboxylic acids is 2. The van der Waals surface area contributed by atoms with Gasteiger partial charge in [-0.15, -0.1) is 0 Å². The number of hydrogen-bond acceptors (Lipinski definition) is 8. The predicted octanol–water partition coefficient (Wildman–Crippen LogP) is 24.1. The number of nitrogens with zero attached hydrogens (tertiary/aromatic N) is 1. The second kappa shape index (κ2) is 68.8. The normalized spacial score (nSPS) is 13.5. The third-order valence-electron chi connectivity index (χ3n) is 16.7. The van der Waals surface area contributed by atoms with Crippen molar-refractivity contribution in [1.82, 2.24) is 0 Å². The van der Waals surface area contributed by atoms with Crippen molar-refractivity contribution in [2.75, 3.05) is 47.5 Å². The first-order chi connectivity index (χ1) is 43.0. The van der Waals surface area contributed by atoms with Crippen molar-refractivity contribution in [3.05, 3.63) is 72.9 Å². The van der Waals surface area contributed by atoms with Crippen molar-refractivity contribution in [2.45, 2.75) is 367 Å². The van der Waals surface area contributed by atoms with Crippen LogP contribution in [0.15, 0.2) is 72.9 Å². The van der Waals surface area contributed by atoms with Gasteiger partial charge in [0.15, 0.2) is 6.10 Å². The molecule has 10 heteroatoms. The van der Waals surface area contributed by atoms with Crippen molar-refractivity contribution in [2.24, 2.45) is 0 Å². The van der Waals surface area contributed by atoms with E-state index in [0.29, 0.717) is 17.4 Å². The van der Waals surface area contributed by atoms with Crippen molar-refractivity contribution in [3.8, 4) is 0 Å². The van der Waals surface area contributed by atoms with Crippen LogP contribution in [0.2, 0.25) is 0 Å². The van der Waals surface area contributed by atoms with Gasteiger partial charge in [0.05, 0.1) is 27.7 Å². The molecular formula is C78H144NO8P. The number of phosphoric acid groups is 1. The second-order valence-electron chi connectivity index (χ2n) is 26.6. The van der Waals surface area contributed by atoms with E-state index in [-0.39, 0.29) is 32.0 Å². The monoisotopic (exact) mass is 1250 g/mol. The van der Waals surface area contributed by atoms with E-state index < -0.39 is 26.5 Å². The lowest BCUT2D eigenvalue weighted by Gasteiger charge is -2.28. The third-order valence-corrected chi connectivity index (χ3v) is 17.7. The van der Waals surface area contributed by atoms with Crippen LogP contribution >= 0.6 is 7.82 Å². The van der Waals surface area contributed by atoms with Crippen LogP contribution < -0.4 is 4.89 Å². The van der Waals surface area contributed by atoms with Crippen LogP contribution in [-0.4, -0.2) is 70.0 Å². The van der Waals surface area contributed by atoms with E-state index in [1.54, 1.807) is 0 Å². The summed E-state index contributed by atoms with van der Waals surface area (Å²) in [4.78, 5) is 38.0. The molecule has 0 rings (SSSR count). The number of esters is 2. The minimum atomic E-state index is -4.65. The Labute approximate surface area is 546 Å². The first kappa shape index (κ1) is 85.5. The highest BCUT2D eigenvalue weighted by atomic mass is 31.2. The molecule has 0 aromatic rings. The number of phosphoric ester groups is 1. The van der Waals surface area contributed by atoms with Crippen molar-refractivity contribution >= 4 is 19.8 Å². The summed E-state index contributed by atoms with van der Waals surface area (Å²) in [7, 11) is 1.15. The number of unbranched alkanes of at least 4 members (excludes halogenated alkanes) is 44. The Kier molecular flexibility index (Phi) is 66.8. The van der Waals surface area contributed by atoms with Gasteiger partial charge >= 0.3 is 11.9 Å². The summed E-state index contributed by atoms with van der Waals surface area (Å²) in [6.07, 6.45) is 93.2. The lowest BCUT2D eigenvalue weighted by molar-refractivity contribution is -0.870. The zero-order valence-electron chi connectivity index (χ0n) is 58.7. The topological polar surface area (TPSA) is 111 Å². The van der Waals surface area contributed by atoms with E-state index in [2.05, 4.69) is 86.8 Å². The molecular weight excluding hydrogens is 1110 g/mol. The Bertz CT molecular complexity index is 1710. The molecule has 0 N–H and O–H groups in total. The van der Waals surface area contributed by atoms with E-state index in [0.717, 1.165) is 83.5 Å². The van der Waals surface area contributed by atoms with Gasteiger partial charge in [-0.2, -0.15) is 0 Å². The third kappa shape index (κ3) is 72.5. The van der Waals surface area contributed by atoms with Crippen LogP contribution in [-0.2, 0) is 32.7 Å². The molecule has 0 saturated carbocycles. The van der Waals surface area contributed by atoms with Gasteiger partial charge < -0.3 is 27.9 Å². The van der Waals surface area contributed by atoms with Crippen LogP contribution in [0.1, 0.15) is 361 Å². The zero-order valence-corrected chi connectivity index (χ0v) is 59.6. The standard InChI is InChI=1S/C78H144NO8P/c1-6-8-10-12-14-16-18-20-22-24-26-28-30-31-32-33-34-35-36-37-38-39-40-41-42-43-44-45-46-47-49-50-52-54-56-58-60-62-64-66-68-70-77(80)84-74-76(75-86-88(82,83)85-73-72-79(3,4)5)87-78(81)71-69-67-65-63-61-59-57-55-53-51-48-29-27-25-23-21-19-17-15-13-11-9-7-2/h9,11,15,17,21,23,27,29,51,53,57,59,76H,6-8,10,12-14,16,18-20,22,24-26,28,30-50,52,54-56,58,60-75H2,1-5H3/b11-9-,17-15-,23-21-,29-27-,53-51-,59-57-. The first-order valence-electron chi connectivity index (χ1n) is 37.6. The summed E-state index contributed by atoms with van der Waals surface area (Å²) in [5.74, 6) is -0.852. The fourth-order valence-corrected chi connectivity index (χ4v) is 11.7. The molecule has 0 aliphatic rings. The average molecular weight is 1250 g/mol. The van der Waals surface area contributed by atoms with Crippen molar-refractivity contribution in [1.29, 1.82) is 0 Å². The van der Waals surface area contributed by atoms with Gasteiger partial charge in [-0.05, 0) is 64.2 Å². The Morgan fingerprint density at radius 3 is 0.966 bits per heavy atom. The van der Waals surface area contributed by atoms with Gasteiger partial charge in [0, 0.05) is 12.8 Å². The van der Waals surface area contributed by atoms with E-state index in [9.17, 15) is 19.0 Å². The van der Waals surface area contributed by atoms with Gasteiger partial charge in [-0.1, -0.05) is 356 Å². The first-order valence-corrected chi connectivity index (χ1v) is 39.1. The van der Waals surface area contributed by atoms with Gasteiger partial charge in [0.1, 0.15) is 19.8 Å². The second-order valence-corrected chi connectivity index (χ2v) is 28.1. The van der Waals surface area contributed by atoms with Crippen LogP contribution in [0.25, 0.3) is 0 Å². The summed E-state index contributed by atoms with van der Waals surface area (Å²) in [5.41, 5.74) is 0. The summed E-state index contributed by atoms with van der Waals surface area (Å²) in [5, 5.41) is 0. The molecule has 0 bridgehead atoms. The average Bonchev–Trinajstić information content (AvgIpc) is 3.68. The highest BCUT2D eigenvalue weighted by Crippen LogP contribution is 2.38. The summed E-state index contributed by atoms with van der Waals surface area (Å²) >= 11 is 0. The fourth-order valence-electron chi connectivity index (χ4n) is 11.0. The number of rotatable bonds is 70. The summed E-state index contributed by atoms with van der Waals surface area (Å²) < 4.78 is 34.3. The maximum atomic E-state index is 12.8. The van der Waals surface area contributed by atoms with Crippen LogP contribution in [0.3, 0.4) is 0 Å². The van der Waals surface area contributed by atoms with Crippen LogP contribution in [0, 0.1) is 0 Å². The van der Waals surface area contributed by atoms with Gasteiger partial charge in [-0.25, -0.2) is 0 Å². The SMILES string of the molecule is CC/C=C\C/C=C\C/C=C\C/C=C\C/C=C\C/C=C\CCCCCCC(=O)OC(COC(=O)CCCCCCCCCCCCCCCCCCCCCCCCCCCCCCCCCCCCCCCCCCC)COP(=O)([O-])OCC[N+](C)(C)C. The molecule has 9 nitrogen and oxygen atoms in total. The van der Waals surface area contributed by atoms with E-state index in [4.69, 9.17) is 18.5 Å². The Morgan fingerprint density at radius 1 is 0.364 bits per heavy atom. The Morgan fingerprint density at radius 2 is 0.648 bits per heavy atom. The molecule has 0 aromatic carbocycles. The molecule has 0 amide bonds. The molecule has 0 aliphatic heterocycles. The van der Waals surface area contributed by atoms with E-state index in [1.807, 2.05) is 21.1 Å². The molecule has 88 heavy (non-hydrogen) atoms. The van der Waals surface area contributed by atoms with E-state index in [1.165, 1.54) is 244 Å². The molecule has 0 fully saturated rings. The number of likely N-dealkylation sites (N-methyl/N-ethyl adjacent to an activating group) is 1. The minimum Gasteiger partial charge on any atom is -0.756 e. The number of quaternary nitrogens is 1. The molecule has 0 heterocycles. The molecule has 0 radical (unpaired) electrons. The summed E-state index contributed by atoms with van der Waals surface area (Å²) in [6, 6.07) is 0. The van der Waals surface area contributed by atoms with Gasteiger partial charge in [0.25, 0.3) is 7.82 Å². The van der Waals surface area contributed by atoms with Gasteiger partial charge in [-0.3, -0.25) is 14.2 Å². The number of allylic oxidation sites excluding steroid dienone is 12. The number of ether oxygens (including phenoxy) is 2. The molecule has 0 saturated heterocycles. The molecule has 0 aromatic heterocycles. The predicted molar refractivity (Wildman–Crippen MR) is 379 cm³/mol. The van der Waals surface area contributed by atoms with Gasteiger partial charge in [0.2, 0.25) is 0 Å². The Balaban J connectivity index is 3.91. The highest BCUT2D eigenvalue weighted by molar-refractivity contribution is 7.45. The smallest absolute Gasteiger partial charge is 0.306 e. The number of hydrogen-bond donors (Lipinski definition) is 0. The molecule has 2 unspecified atom stereocenters. The molecule has 0 spiro atoms. The minimum absolute atomic E-state index is 0.0381. The zero-order chi connectivity index (χ0) is 64.1. The number of carbonyl (C=O) groups is 2. The van der Waals surface area contributed by atoms with Crippen LogP contribution in [0.5, 0.6) is 0 Å².